The second-order valence-corrected chi connectivity index (χ2v) is 5.19. The van der Waals surface area contributed by atoms with Crippen LogP contribution in [0.25, 0.3) is 0 Å². The molecule has 0 radical (unpaired) electrons. The van der Waals surface area contributed by atoms with Gasteiger partial charge in [0.2, 0.25) is 0 Å². The third-order valence-electron chi connectivity index (χ3n) is 2.65. The number of hydrogen-bond acceptors (Lipinski definition) is 4. The van der Waals surface area contributed by atoms with Gasteiger partial charge in [-0.15, -0.1) is 12.4 Å². The number of carboxylic acid groups (broad SMARTS) is 1. The number of rotatable bonds is 5. The Kier molecular flexibility index (Phi) is 6.73. The highest BCUT2D eigenvalue weighted by Gasteiger charge is 2.06. The quantitative estimate of drug-likeness (QED) is 0.877. The van der Waals surface area contributed by atoms with E-state index < -0.39 is 5.97 Å². The number of thioether (sulfide) groups is 1. The van der Waals surface area contributed by atoms with Gasteiger partial charge in [0.25, 0.3) is 0 Å². The number of anilines is 1. The van der Waals surface area contributed by atoms with Crippen LogP contribution in [0.4, 0.5) is 5.69 Å². The van der Waals surface area contributed by atoms with E-state index in [-0.39, 0.29) is 18.8 Å². The van der Waals surface area contributed by atoms with Crippen molar-refractivity contribution >= 4 is 41.0 Å². The summed E-state index contributed by atoms with van der Waals surface area (Å²) in [6, 6.07) is 8.09. The molecule has 0 amide bonds. The molecule has 2 N–H and O–H groups in total. The Balaban J connectivity index is 0.00000180. The van der Waals surface area contributed by atoms with Crippen LogP contribution in [-0.4, -0.2) is 28.5 Å². The molecular weight excluding hydrogens is 284 g/mol. The van der Waals surface area contributed by atoms with E-state index in [2.05, 4.69) is 10.3 Å². The Morgan fingerprint density at radius 3 is 2.68 bits per heavy atom. The molecule has 4 nitrogen and oxygen atoms in total. The first-order chi connectivity index (χ1) is 8.74. The number of benzene rings is 1. The number of halogens is 1. The van der Waals surface area contributed by atoms with Crippen molar-refractivity contribution in [3.63, 3.8) is 0 Å². The lowest BCUT2D eigenvalue weighted by Gasteiger charge is -2.06. The fourth-order valence-electron chi connectivity index (χ4n) is 1.73. The van der Waals surface area contributed by atoms with Crippen molar-refractivity contribution in [2.24, 2.45) is 4.99 Å². The molecule has 6 heteroatoms. The number of carboxylic acids is 1. The van der Waals surface area contributed by atoms with Crippen molar-refractivity contribution < 1.29 is 9.90 Å². The van der Waals surface area contributed by atoms with Crippen molar-refractivity contribution in [3.8, 4) is 0 Å². The van der Waals surface area contributed by atoms with Crippen molar-refractivity contribution in [1.29, 1.82) is 0 Å². The van der Waals surface area contributed by atoms with Gasteiger partial charge in [0.05, 0.1) is 6.54 Å². The van der Waals surface area contributed by atoms with E-state index in [1.807, 2.05) is 24.3 Å². The van der Waals surface area contributed by atoms with E-state index >= 15 is 0 Å². The van der Waals surface area contributed by atoms with Gasteiger partial charge in [0, 0.05) is 17.9 Å². The topological polar surface area (TPSA) is 61.7 Å². The Bertz CT molecular complexity index is 448. The Hall–Kier alpha value is -1.20. The number of aliphatic imine (C=N–C) groups is 1. The second kappa shape index (κ2) is 8.07. The zero-order valence-corrected chi connectivity index (χ0v) is 12.1. The summed E-state index contributed by atoms with van der Waals surface area (Å²) in [6.45, 7) is 0.889. The Morgan fingerprint density at radius 1 is 1.37 bits per heavy atom. The maximum absolute atomic E-state index is 10.4. The minimum Gasteiger partial charge on any atom is -0.481 e. The number of aliphatic carboxylic acids is 1. The van der Waals surface area contributed by atoms with Crippen molar-refractivity contribution in [1.82, 2.24) is 0 Å². The summed E-state index contributed by atoms with van der Waals surface area (Å²) in [6.07, 6.45) is 1.72. The first-order valence-electron chi connectivity index (χ1n) is 5.99. The van der Waals surface area contributed by atoms with Gasteiger partial charge >= 0.3 is 5.97 Å². The molecule has 0 spiro atoms. The molecule has 0 aromatic heterocycles. The van der Waals surface area contributed by atoms with Gasteiger partial charge in [-0.25, -0.2) is 0 Å². The summed E-state index contributed by atoms with van der Waals surface area (Å²) in [5.41, 5.74) is 2.20. The molecule has 1 aliphatic rings. The minimum absolute atomic E-state index is 0. The number of carbonyl (C=O) groups is 1. The molecule has 1 heterocycles. The highest BCUT2D eigenvalue weighted by Crippen LogP contribution is 2.17. The van der Waals surface area contributed by atoms with Gasteiger partial charge in [-0.3, -0.25) is 9.79 Å². The molecule has 0 atom stereocenters. The maximum Gasteiger partial charge on any atom is 0.303 e. The summed E-state index contributed by atoms with van der Waals surface area (Å²) < 4.78 is 0. The van der Waals surface area contributed by atoms with E-state index in [0.29, 0.717) is 6.42 Å². The first-order valence-corrected chi connectivity index (χ1v) is 6.97. The molecule has 0 fully saturated rings. The zero-order chi connectivity index (χ0) is 12.8. The molecule has 1 aromatic carbocycles. The molecule has 1 aromatic rings. The molecule has 104 valence electrons. The van der Waals surface area contributed by atoms with E-state index in [4.69, 9.17) is 5.11 Å². The molecule has 0 bridgehead atoms. The summed E-state index contributed by atoms with van der Waals surface area (Å²) in [4.78, 5) is 14.7. The predicted octanol–water partition coefficient (Wildman–Crippen LogP) is 3.03. The van der Waals surface area contributed by atoms with Crippen LogP contribution in [-0.2, 0) is 11.2 Å². The first kappa shape index (κ1) is 15.9. The monoisotopic (exact) mass is 300 g/mol. The van der Waals surface area contributed by atoms with Crippen molar-refractivity contribution in [2.75, 3.05) is 17.6 Å². The van der Waals surface area contributed by atoms with E-state index in [1.54, 1.807) is 11.8 Å². The average molecular weight is 301 g/mol. The number of nitrogens with zero attached hydrogens (tertiary/aromatic N) is 1. The van der Waals surface area contributed by atoms with Crippen molar-refractivity contribution in [3.05, 3.63) is 29.8 Å². The summed E-state index contributed by atoms with van der Waals surface area (Å²) in [5.74, 6) is 0.319. The van der Waals surface area contributed by atoms with Gasteiger partial charge in [-0.2, -0.15) is 0 Å². The minimum atomic E-state index is -0.732. The van der Waals surface area contributed by atoms with Gasteiger partial charge in [-0.05, 0) is 30.5 Å². The smallest absolute Gasteiger partial charge is 0.303 e. The van der Waals surface area contributed by atoms with Gasteiger partial charge in [-0.1, -0.05) is 23.9 Å². The van der Waals surface area contributed by atoms with Crippen LogP contribution in [0.5, 0.6) is 0 Å². The Labute approximate surface area is 123 Å². The third kappa shape index (κ3) is 5.53. The maximum atomic E-state index is 10.4. The van der Waals surface area contributed by atoms with Crippen LogP contribution in [0.2, 0.25) is 0 Å². The average Bonchev–Trinajstić information content (AvgIpc) is 2.84. The second-order valence-electron chi connectivity index (χ2n) is 4.10. The highest BCUT2D eigenvalue weighted by atomic mass is 35.5. The van der Waals surface area contributed by atoms with E-state index in [1.165, 1.54) is 5.56 Å². The fraction of sp³-hybridized carbons (Fsp3) is 0.385. The van der Waals surface area contributed by atoms with Crippen LogP contribution < -0.4 is 5.32 Å². The molecule has 0 saturated heterocycles. The number of amidine groups is 1. The van der Waals surface area contributed by atoms with Gasteiger partial charge in [0.15, 0.2) is 5.17 Å². The standard InChI is InChI=1S/C13H16N2O2S.ClH/c16-12(17)3-1-2-10-4-6-11(7-5-10)15-13-14-8-9-18-13;/h4-7H,1-3,8-9H2,(H,14,15)(H,16,17);1H. The number of nitrogens with one attached hydrogen (secondary N) is 1. The molecule has 0 unspecified atom stereocenters. The van der Waals surface area contributed by atoms with Gasteiger partial charge in [0.1, 0.15) is 0 Å². The molecule has 2 rings (SSSR count). The van der Waals surface area contributed by atoms with Crippen LogP contribution in [0.3, 0.4) is 0 Å². The predicted molar refractivity (Wildman–Crippen MR) is 82.6 cm³/mol. The molecular formula is C13H17ClN2O2S. The molecule has 0 aliphatic carbocycles. The SMILES string of the molecule is Cl.O=C(O)CCCc1ccc(NC2=NCCS2)cc1. The van der Waals surface area contributed by atoms with Crippen molar-refractivity contribution in [2.45, 2.75) is 19.3 Å². The largest absolute Gasteiger partial charge is 0.481 e. The van der Waals surface area contributed by atoms with Crippen LogP contribution >= 0.6 is 24.2 Å². The number of hydrogen-bond donors (Lipinski definition) is 2. The lowest BCUT2D eigenvalue weighted by Crippen LogP contribution is -2.04. The molecule has 1 aliphatic heterocycles. The van der Waals surface area contributed by atoms with E-state index in [0.717, 1.165) is 29.6 Å². The van der Waals surface area contributed by atoms with Gasteiger partial charge < -0.3 is 10.4 Å². The Morgan fingerprint density at radius 2 is 2.11 bits per heavy atom. The lowest BCUT2D eigenvalue weighted by atomic mass is 10.1. The molecule has 19 heavy (non-hydrogen) atoms. The lowest BCUT2D eigenvalue weighted by molar-refractivity contribution is -0.137. The summed E-state index contributed by atoms with van der Waals surface area (Å²) in [7, 11) is 0. The van der Waals surface area contributed by atoms with Crippen LogP contribution in [0.1, 0.15) is 18.4 Å². The summed E-state index contributed by atoms with van der Waals surface area (Å²) in [5, 5.41) is 12.8. The van der Waals surface area contributed by atoms with Crippen LogP contribution in [0.15, 0.2) is 29.3 Å². The highest BCUT2D eigenvalue weighted by molar-refractivity contribution is 8.14. The number of aryl methyl sites for hydroxylation is 1. The zero-order valence-electron chi connectivity index (χ0n) is 10.5. The third-order valence-corrected chi connectivity index (χ3v) is 3.54. The van der Waals surface area contributed by atoms with E-state index in [9.17, 15) is 4.79 Å². The molecule has 0 saturated carbocycles. The summed E-state index contributed by atoms with van der Waals surface area (Å²) >= 11 is 1.73. The van der Waals surface area contributed by atoms with Crippen LogP contribution in [0, 0.1) is 0 Å². The fourth-order valence-corrected chi connectivity index (χ4v) is 2.48. The normalized spacial score (nSPS) is 13.6.